The van der Waals surface area contributed by atoms with Crippen molar-refractivity contribution in [1.29, 1.82) is 0 Å². The molecule has 0 aliphatic heterocycles. The number of carbonyl (C=O) groups is 1. The molecule has 0 saturated heterocycles. The molecule has 1 aromatic rings. The average Bonchev–Trinajstić information content (AvgIpc) is 2.45. The molecule has 21 heavy (non-hydrogen) atoms. The first kappa shape index (κ1) is 17.8. The van der Waals surface area contributed by atoms with Crippen molar-refractivity contribution in [2.75, 3.05) is 20.2 Å². The Morgan fingerprint density at radius 3 is 2.90 bits per heavy atom. The molecule has 1 atom stereocenters. The van der Waals surface area contributed by atoms with Gasteiger partial charge in [-0.3, -0.25) is 5.32 Å². The lowest BCUT2D eigenvalue weighted by Gasteiger charge is -2.29. The molecule has 114 valence electrons. The van der Waals surface area contributed by atoms with Crippen LogP contribution in [0.4, 0.5) is 0 Å². The van der Waals surface area contributed by atoms with Crippen LogP contribution < -0.4 is 5.32 Å². The predicted molar refractivity (Wildman–Crippen MR) is 85.2 cm³/mol. The number of carbonyl (C=O) groups excluding carboxylic acids is 1. The molecule has 8 heteroatoms. The van der Waals surface area contributed by atoms with Gasteiger partial charge in [0.2, 0.25) is 0 Å². The first-order valence-corrected chi connectivity index (χ1v) is 7.42. The van der Waals surface area contributed by atoms with Gasteiger partial charge in [0.25, 0.3) is 0 Å². The van der Waals surface area contributed by atoms with Crippen LogP contribution in [-0.4, -0.2) is 26.2 Å². The average molecular weight is 376 g/mol. The summed E-state index contributed by atoms with van der Waals surface area (Å²) in [6.45, 7) is 2.55. The molecule has 0 aliphatic carbocycles. The molecule has 0 aromatic heterocycles. The number of halogens is 2. The number of methoxy groups -OCH3 is 1. The summed E-state index contributed by atoms with van der Waals surface area (Å²) in [4.78, 5) is 14.8. The van der Waals surface area contributed by atoms with E-state index in [1.165, 1.54) is 7.11 Å². The van der Waals surface area contributed by atoms with Crippen molar-refractivity contribution in [2.24, 2.45) is 5.11 Å². The third kappa shape index (κ3) is 4.61. The number of rotatable bonds is 7. The second kappa shape index (κ2) is 8.24. The van der Waals surface area contributed by atoms with Crippen LogP contribution in [0.25, 0.3) is 10.4 Å². The quantitative estimate of drug-likeness (QED) is 0.259. The Balaban J connectivity index is 2.97. The second-order valence-electron chi connectivity index (χ2n) is 4.48. The zero-order valence-corrected chi connectivity index (χ0v) is 14.1. The van der Waals surface area contributed by atoms with Gasteiger partial charge in [0.05, 0.1) is 7.11 Å². The number of benzene rings is 1. The summed E-state index contributed by atoms with van der Waals surface area (Å²) in [5.74, 6) is -0.435. The molecule has 0 fully saturated rings. The van der Waals surface area contributed by atoms with Crippen molar-refractivity contribution in [1.82, 2.24) is 5.32 Å². The van der Waals surface area contributed by atoms with E-state index in [1.807, 2.05) is 6.07 Å². The molecule has 0 radical (unpaired) electrons. The highest BCUT2D eigenvalue weighted by Crippen LogP contribution is 2.31. The largest absolute Gasteiger partial charge is 0.467 e. The Bertz CT molecular complexity index is 563. The Kier molecular flexibility index (Phi) is 6.98. The van der Waals surface area contributed by atoms with Gasteiger partial charge in [-0.25, -0.2) is 4.79 Å². The lowest BCUT2D eigenvalue weighted by molar-refractivity contribution is -0.148. The van der Waals surface area contributed by atoms with Crippen LogP contribution in [0.5, 0.6) is 0 Å². The molecule has 0 heterocycles. The zero-order valence-electron chi connectivity index (χ0n) is 11.8. The Morgan fingerprint density at radius 2 is 2.33 bits per heavy atom. The maximum absolute atomic E-state index is 12.2. The van der Waals surface area contributed by atoms with Crippen LogP contribution in [0.2, 0.25) is 5.02 Å². The van der Waals surface area contributed by atoms with Gasteiger partial charge in [-0.05, 0) is 37.6 Å². The van der Waals surface area contributed by atoms with E-state index in [0.717, 1.165) is 4.47 Å². The molecular weight excluding hydrogens is 360 g/mol. The third-order valence-corrected chi connectivity index (χ3v) is 3.85. The molecule has 0 amide bonds. The van der Waals surface area contributed by atoms with E-state index in [1.54, 1.807) is 19.1 Å². The standard InChI is InChI=1S/C13H16BrClN4O2/c1-13(12(20)21-2,17-6-3-7-18-19-16)10-5-4-9(14)8-11(10)15/h4-5,8,17H,3,6-7H2,1-2H3. The number of azide groups is 1. The minimum Gasteiger partial charge on any atom is -0.467 e. The van der Waals surface area contributed by atoms with Crippen LogP contribution in [0.15, 0.2) is 27.8 Å². The second-order valence-corrected chi connectivity index (χ2v) is 5.80. The fraction of sp³-hybridized carbons (Fsp3) is 0.462. The summed E-state index contributed by atoms with van der Waals surface area (Å²) in [5, 5.41) is 7.03. The van der Waals surface area contributed by atoms with Crippen LogP contribution in [-0.2, 0) is 15.1 Å². The number of ether oxygens (including phenoxy) is 1. The highest BCUT2D eigenvalue weighted by atomic mass is 79.9. The number of hydrogen-bond donors (Lipinski definition) is 1. The smallest absolute Gasteiger partial charge is 0.330 e. The summed E-state index contributed by atoms with van der Waals surface area (Å²) in [7, 11) is 1.33. The van der Waals surface area contributed by atoms with Gasteiger partial charge in [0.1, 0.15) is 5.54 Å². The molecule has 0 bridgehead atoms. The molecule has 1 N–H and O–H groups in total. The summed E-state index contributed by atoms with van der Waals surface area (Å²) < 4.78 is 5.71. The van der Waals surface area contributed by atoms with Crippen molar-refractivity contribution >= 4 is 33.5 Å². The van der Waals surface area contributed by atoms with E-state index in [0.29, 0.717) is 30.1 Å². The van der Waals surface area contributed by atoms with E-state index in [9.17, 15) is 4.79 Å². The van der Waals surface area contributed by atoms with Crippen molar-refractivity contribution < 1.29 is 9.53 Å². The van der Waals surface area contributed by atoms with Gasteiger partial charge >= 0.3 is 5.97 Å². The minimum atomic E-state index is -1.07. The number of nitrogens with one attached hydrogen (secondary N) is 1. The van der Waals surface area contributed by atoms with Gasteiger partial charge in [-0.2, -0.15) is 0 Å². The fourth-order valence-corrected chi connectivity index (χ4v) is 2.77. The summed E-state index contributed by atoms with van der Waals surface area (Å²) in [5.41, 5.74) is 7.80. The molecule has 6 nitrogen and oxygen atoms in total. The molecule has 1 aromatic carbocycles. The van der Waals surface area contributed by atoms with Gasteiger partial charge in [-0.15, -0.1) is 0 Å². The Morgan fingerprint density at radius 1 is 1.62 bits per heavy atom. The molecular formula is C13H16BrClN4O2. The van der Waals surface area contributed by atoms with Crippen molar-refractivity contribution in [3.05, 3.63) is 43.7 Å². The summed E-state index contributed by atoms with van der Waals surface area (Å²) in [6, 6.07) is 5.30. The normalized spacial score (nSPS) is 13.1. The van der Waals surface area contributed by atoms with Crippen LogP contribution in [0, 0.1) is 0 Å². The highest BCUT2D eigenvalue weighted by Gasteiger charge is 2.37. The molecule has 1 unspecified atom stereocenters. The monoisotopic (exact) mass is 374 g/mol. The SMILES string of the molecule is COC(=O)C(C)(NCCCN=[N+]=[N-])c1ccc(Br)cc1Cl. The number of nitrogens with zero attached hydrogens (tertiary/aromatic N) is 3. The van der Waals surface area contributed by atoms with Crippen molar-refractivity contribution in [3.8, 4) is 0 Å². The van der Waals surface area contributed by atoms with E-state index in [4.69, 9.17) is 21.9 Å². The highest BCUT2D eigenvalue weighted by molar-refractivity contribution is 9.10. The maximum atomic E-state index is 12.2. The molecule has 0 spiro atoms. The van der Waals surface area contributed by atoms with E-state index in [-0.39, 0.29) is 0 Å². The number of esters is 1. The lowest BCUT2D eigenvalue weighted by Crippen LogP contribution is -2.48. The maximum Gasteiger partial charge on any atom is 0.330 e. The van der Waals surface area contributed by atoms with Gasteiger partial charge in [0.15, 0.2) is 0 Å². The van der Waals surface area contributed by atoms with Crippen LogP contribution in [0.1, 0.15) is 18.9 Å². The first-order chi connectivity index (χ1) is 9.95. The Labute approximate surface area is 136 Å². The first-order valence-electron chi connectivity index (χ1n) is 6.25. The third-order valence-electron chi connectivity index (χ3n) is 3.04. The van der Waals surface area contributed by atoms with Crippen molar-refractivity contribution in [2.45, 2.75) is 18.9 Å². The lowest BCUT2D eigenvalue weighted by atomic mass is 9.91. The van der Waals surface area contributed by atoms with Gasteiger partial charge in [0, 0.05) is 26.5 Å². The van der Waals surface area contributed by atoms with Gasteiger partial charge in [-0.1, -0.05) is 38.7 Å². The molecule has 1 rings (SSSR count). The zero-order chi connectivity index (χ0) is 15.9. The molecule has 0 saturated carbocycles. The molecule has 0 aliphatic rings. The Hall–Kier alpha value is -1.27. The van der Waals surface area contributed by atoms with Crippen molar-refractivity contribution in [3.63, 3.8) is 0 Å². The van der Waals surface area contributed by atoms with Crippen LogP contribution in [0.3, 0.4) is 0 Å². The predicted octanol–water partition coefficient (Wildman–Crippen LogP) is 3.78. The van der Waals surface area contributed by atoms with E-state index < -0.39 is 11.5 Å². The van der Waals surface area contributed by atoms with Crippen LogP contribution >= 0.6 is 27.5 Å². The van der Waals surface area contributed by atoms with E-state index in [2.05, 4.69) is 31.3 Å². The van der Waals surface area contributed by atoms with Gasteiger partial charge < -0.3 is 4.74 Å². The topological polar surface area (TPSA) is 87.1 Å². The summed E-state index contributed by atoms with van der Waals surface area (Å²) in [6.07, 6.45) is 0.602. The fourth-order valence-electron chi connectivity index (χ4n) is 1.91. The number of hydrogen-bond acceptors (Lipinski definition) is 4. The summed E-state index contributed by atoms with van der Waals surface area (Å²) >= 11 is 9.56. The van der Waals surface area contributed by atoms with E-state index >= 15 is 0 Å². The minimum absolute atomic E-state index is 0.356.